The van der Waals surface area contributed by atoms with Crippen molar-refractivity contribution in [2.75, 3.05) is 5.32 Å². The first kappa shape index (κ1) is 13.6. The van der Waals surface area contributed by atoms with E-state index in [4.69, 9.17) is 11.6 Å². The number of aromatic nitrogens is 4. The van der Waals surface area contributed by atoms with E-state index in [1.807, 2.05) is 35.1 Å². The first-order valence-corrected chi connectivity index (χ1v) is 6.95. The smallest absolute Gasteiger partial charge is 0.223 e. The molecule has 2 heterocycles. The highest BCUT2D eigenvalue weighted by Crippen LogP contribution is 2.19. The molecular formula is C15H14ClN5. The number of hydrogen-bond donors (Lipinski definition) is 1. The van der Waals surface area contributed by atoms with Crippen molar-refractivity contribution >= 4 is 17.5 Å². The summed E-state index contributed by atoms with van der Waals surface area (Å²) in [6.07, 6.45) is 6.85. The third-order valence-electron chi connectivity index (χ3n) is 3.05. The molecule has 0 bridgehead atoms. The molecule has 0 amide bonds. The maximum absolute atomic E-state index is 5.81. The number of benzene rings is 1. The minimum atomic E-state index is 0.0206. The van der Waals surface area contributed by atoms with Crippen LogP contribution in [0.5, 0.6) is 0 Å². The van der Waals surface area contributed by atoms with Gasteiger partial charge in [-0.15, -0.1) is 0 Å². The van der Waals surface area contributed by atoms with E-state index in [0.29, 0.717) is 17.5 Å². The number of anilines is 1. The number of halogens is 1. The Morgan fingerprint density at radius 2 is 1.86 bits per heavy atom. The molecule has 0 saturated heterocycles. The summed E-state index contributed by atoms with van der Waals surface area (Å²) in [4.78, 5) is 8.38. The van der Waals surface area contributed by atoms with Gasteiger partial charge in [-0.3, -0.25) is 4.68 Å². The molecule has 1 atom stereocenters. The van der Waals surface area contributed by atoms with Crippen LogP contribution in [0.2, 0.25) is 5.02 Å². The van der Waals surface area contributed by atoms with Crippen molar-refractivity contribution in [3.05, 3.63) is 71.8 Å². The van der Waals surface area contributed by atoms with Crippen molar-refractivity contribution in [3.8, 4) is 0 Å². The normalized spacial score (nSPS) is 12.0. The lowest BCUT2D eigenvalue weighted by Crippen LogP contribution is -2.19. The van der Waals surface area contributed by atoms with E-state index in [2.05, 4.69) is 32.5 Å². The summed E-state index contributed by atoms with van der Waals surface area (Å²) in [5.74, 6) is 0.542. The van der Waals surface area contributed by atoms with Crippen LogP contribution in [0.1, 0.15) is 11.6 Å². The molecule has 0 unspecified atom stereocenters. The van der Waals surface area contributed by atoms with Crippen LogP contribution in [0.25, 0.3) is 0 Å². The number of nitrogens with one attached hydrogen (secondary N) is 1. The average molecular weight is 300 g/mol. The lowest BCUT2D eigenvalue weighted by atomic mass is 10.1. The maximum atomic E-state index is 5.81. The Morgan fingerprint density at radius 3 is 2.52 bits per heavy atom. The summed E-state index contributed by atoms with van der Waals surface area (Å²) < 4.78 is 1.88. The third-order valence-corrected chi connectivity index (χ3v) is 3.25. The Balaban J connectivity index is 1.83. The van der Waals surface area contributed by atoms with Gasteiger partial charge in [-0.25, -0.2) is 9.97 Å². The zero-order chi connectivity index (χ0) is 14.5. The first-order chi connectivity index (χ1) is 10.3. The van der Waals surface area contributed by atoms with Gasteiger partial charge < -0.3 is 5.32 Å². The van der Waals surface area contributed by atoms with Gasteiger partial charge >= 0.3 is 0 Å². The molecule has 0 aliphatic heterocycles. The van der Waals surface area contributed by atoms with Crippen LogP contribution in [0, 0.1) is 0 Å². The standard InChI is InChI=1S/C15H14ClN5/c16-13-9-17-15(18-10-13)20-14(11-21-8-4-7-19-21)12-5-2-1-3-6-12/h1-10,14H,11H2,(H,17,18,20)/t14-/m0/s1. The molecular weight excluding hydrogens is 286 g/mol. The van der Waals surface area contributed by atoms with Gasteiger partial charge in [0.2, 0.25) is 5.95 Å². The van der Waals surface area contributed by atoms with Crippen LogP contribution in [0.4, 0.5) is 5.95 Å². The zero-order valence-corrected chi connectivity index (χ0v) is 12.0. The van der Waals surface area contributed by atoms with E-state index in [9.17, 15) is 0 Å². The lowest BCUT2D eigenvalue weighted by molar-refractivity contribution is 0.548. The monoisotopic (exact) mass is 299 g/mol. The molecule has 3 rings (SSSR count). The maximum Gasteiger partial charge on any atom is 0.223 e. The minimum absolute atomic E-state index is 0.0206. The molecule has 6 heteroatoms. The molecule has 0 radical (unpaired) electrons. The predicted molar refractivity (Wildman–Crippen MR) is 82.1 cm³/mol. The molecule has 0 aliphatic carbocycles. The quantitative estimate of drug-likeness (QED) is 0.786. The van der Waals surface area contributed by atoms with Gasteiger partial charge in [-0.05, 0) is 11.6 Å². The van der Waals surface area contributed by atoms with Gasteiger partial charge in [0.25, 0.3) is 0 Å². The van der Waals surface area contributed by atoms with E-state index >= 15 is 0 Å². The highest BCUT2D eigenvalue weighted by Gasteiger charge is 2.13. The second kappa shape index (κ2) is 6.37. The molecule has 106 valence electrons. The van der Waals surface area contributed by atoms with E-state index in [1.54, 1.807) is 18.6 Å². The van der Waals surface area contributed by atoms with Crippen molar-refractivity contribution in [3.63, 3.8) is 0 Å². The molecule has 5 nitrogen and oxygen atoms in total. The molecule has 0 fully saturated rings. The summed E-state index contributed by atoms with van der Waals surface area (Å²) >= 11 is 5.81. The van der Waals surface area contributed by atoms with Crippen LogP contribution in [0.3, 0.4) is 0 Å². The van der Waals surface area contributed by atoms with E-state index in [0.717, 1.165) is 5.56 Å². The SMILES string of the molecule is Clc1cnc(N[C@@H](Cn2cccn2)c2ccccc2)nc1. The highest BCUT2D eigenvalue weighted by molar-refractivity contribution is 6.30. The summed E-state index contributed by atoms with van der Waals surface area (Å²) in [6.45, 7) is 0.684. The second-order valence-electron chi connectivity index (χ2n) is 4.56. The second-order valence-corrected chi connectivity index (χ2v) is 5.00. The Bertz CT molecular complexity index is 667. The molecule has 0 spiro atoms. The molecule has 1 N–H and O–H groups in total. The van der Waals surface area contributed by atoms with Crippen molar-refractivity contribution in [1.82, 2.24) is 19.7 Å². The summed E-state index contributed by atoms with van der Waals surface area (Å²) in [6, 6.07) is 12.1. The summed E-state index contributed by atoms with van der Waals surface area (Å²) in [5.41, 5.74) is 1.14. The molecule has 1 aromatic carbocycles. The van der Waals surface area contributed by atoms with Gasteiger partial charge in [0.1, 0.15) is 0 Å². The average Bonchev–Trinajstić information content (AvgIpc) is 3.03. The fourth-order valence-electron chi connectivity index (χ4n) is 2.06. The van der Waals surface area contributed by atoms with Crippen LogP contribution in [-0.4, -0.2) is 19.7 Å². The van der Waals surface area contributed by atoms with E-state index in [1.165, 1.54) is 0 Å². The fraction of sp³-hybridized carbons (Fsp3) is 0.133. The fourth-order valence-corrected chi connectivity index (χ4v) is 2.16. The van der Waals surface area contributed by atoms with E-state index in [-0.39, 0.29) is 6.04 Å². The Labute approximate surface area is 127 Å². The number of hydrogen-bond acceptors (Lipinski definition) is 4. The third kappa shape index (κ3) is 3.58. The minimum Gasteiger partial charge on any atom is -0.346 e. The van der Waals surface area contributed by atoms with E-state index < -0.39 is 0 Å². The summed E-state index contributed by atoms with van der Waals surface area (Å²) in [7, 11) is 0. The predicted octanol–water partition coefficient (Wildman–Crippen LogP) is 3.18. The van der Waals surface area contributed by atoms with Gasteiger partial charge in [0, 0.05) is 12.4 Å². The van der Waals surface area contributed by atoms with Crippen LogP contribution < -0.4 is 5.32 Å². The topological polar surface area (TPSA) is 55.6 Å². The summed E-state index contributed by atoms with van der Waals surface area (Å²) in [5, 5.41) is 8.09. The van der Waals surface area contributed by atoms with Crippen LogP contribution >= 0.6 is 11.6 Å². The highest BCUT2D eigenvalue weighted by atomic mass is 35.5. The van der Waals surface area contributed by atoms with Crippen molar-refractivity contribution in [1.29, 1.82) is 0 Å². The van der Waals surface area contributed by atoms with Gasteiger partial charge in [0.05, 0.1) is 30.0 Å². The molecule has 0 aliphatic rings. The van der Waals surface area contributed by atoms with Gasteiger partial charge in [-0.1, -0.05) is 41.9 Å². The zero-order valence-electron chi connectivity index (χ0n) is 11.2. The van der Waals surface area contributed by atoms with Crippen molar-refractivity contribution < 1.29 is 0 Å². The number of rotatable bonds is 5. The lowest BCUT2D eigenvalue weighted by Gasteiger charge is -2.19. The van der Waals surface area contributed by atoms with Gasteiger partial charge in [-0.2, -0.15) is 5.10 Å². The van der Waals surface area contributed by atoms with Crippen LogP contribution in [0.15, 0.2) is 61.2 Å². The number of nitrogens with zero attached hydrogens (tertiary/aromatic N) is 4. The Hall–Kier alpha value is -2.40. The largest absolute Gasteiger partial charge is 0.346 e. The van der Waals surface area contributed by atoms with Gasteiger partial charge in [0.15, 0.2) is 0 Å². The molecule has 21 heavy (non-hydrogen) atoms. The van der Waals surface area contributed by atoms with Crippen molar-refractivity contribution in [2.24, 2.45) is 0 Å². The van der Waals surface area contributed by atoms with Crippen LogP contribution in [-0.2, 0) is 6.54 Å². The molecule has 0 saturated carbocycles. The Morgan fingerprint density at radius 1 is 1.10 bits per heavy atom. The molecule has 3 aromatic rings. The Kier molecular flexibility index (Phi) is 4.12. The van der Waals surface area contributed by atoms with Crippen molar-refractivity contribution in [2.45, 2.75) is 12.6 Å². The first-order valence-electron chi connectivity index (χ1n) is 6.58. The molecule has 2 aromatic heterocycles.